The first kappa shape index (κ1) is 16.9. The molecule has 0 radical (unpaired) electrons. The maximum atomic E-state index is 12.6. The first-order valence-corrected chi connectivity index (χ1v) is 8.42. The molecule has 0 aliphatic carbocycles. The van der Waals surface area contributed by atoms with Crippen molar-refractivity contribution >= 4 is 5.91 Å². The Kier molecular flexibility index (Phi) is 6.37. The molecule has 1 saturated heterocycles. The molecule has 1 aliphatic rings. The lowest BCUT2D eigenvalue weighted by Gasteiger charge is -2.30. The molecule has 2 rings (SSSR count). The number of pyridine rings is 1. The van der Waals surface area contributed by atoms with Gasteiger partial charge in [-0.15, -0.1) is 0 Å². The molecule has 2 atom stereocenters. The number of carbonyl (C=O) groups is 1. The van der Waals surface area contributed by atoms with E-state index in [9.17, 15) is 4.79 Å². The van der Waals surface area contributed by atoms with Gasteiger partial charge in [0.2, 0.25) is 5.91 Å². The van der Waals surface area contributed by atoms with Crippen LogP contribution in [0.4, 0.5) is 0 Å². The summed E-state index contributed by atoms with van der Waals surface area (Å²) >= 11 is 0. The summed E-state index contributed by atoms with van der Waals surface area (Å²) in [5, 5.41) is 0. The molecule has 1 amide bonds. The molecule has 1 aromatic rings. The summed E-state index contributed by atoms with van der Waals surface area (Å²) < 4.78 is 0. The lowest BCUT2D eigenvalue weighted by Crippen LogP contribution is -2.40. The highest BCUT2D eigenvalue weighted by Gasteiger charge is 2.32. The van der Waals surface area contributed by atoms with Gasteiger partial charge in [-0.3, -0.25) is 9.78 Å². The van der Waals surface area contributed by atoms with Gasteiger partial charge in [0, 0.05) is 30.9 Å². The van der Waals surface area contributed by atoms with Gasteiger partial charge < -0.3 is 9.80 Å². The molecule has 4 nitrogen and oxygen atoms in total. The van der Waals surface area contributed by atoms with Gasteiger partial charge in [-0.1, -0.05) is 13.0 Å². The Hall–Kier alpha value is -1.42. The van der Waals surface area contributed by atoms with Crippen LogP contribution in [0.3, 0.4) is 0 Å². The Labute approximate surface area is 134 Å². The summed E-state index contributed by atoms with van der Waals surface area (Å²) in [7, 11) is 4.22. The smallest absolute Gasteiger partial charge is 0.223 e. The minimum Gasteiger partial charge on any atom is -0.339 e. The van der Waals surface area contributed by atoms with Gasteiger partial charge in [0.25, 0.3) is 0 Å². The molecule has 0 saturated carbocycles. The Balaban J connectivity index is 1.85. The molecule has 1 aromatic heterocycles. The largest absolute Gasteiger partial charge is 0.339 e. The predicted octanol–water partition coefficient (Wildman–Crippen LogP) is 2.59. The van der Waals surface area contributed by atoms with Gasteiger partial charge in [0.05, 0.1) is 0 Å². The summed E-state index contributed by atoms with van der Waals surface area (Å²) in [6.07, 6.45) is 6.57. The molecule has 0 N–H and O–H groups in total. The summed E-state index contributed by atoms with van der Waals surface area (Å²) in [6.45, 7) is 4.31. The molecule has 22 heavy (non-hydrogen) atoms. The SMILES string of the molecule is CC(CCN(C)C)[C@@H]1CCCN1C(=O)CCc1ccccn1. The Morgan fingerprint density at radius 2 is 2.27 bits per heavy atom. The summed E-state index contributed by atoms with van der Waals surface area (Å²) in [5.41, 5.74) is 1.01. The highest BCUT2D eigenvalue weighted by atomic mass is 16.2. The van der Waals surface area contributed by atoms with Gasteiger partial charge in [-0.2, -0.15) is 0 Å². The van der Waals surface area contributed by atoms with E-state index in [0.29, 0.717) is 24.3 Å². The lowest BCUT2D eigenvalue weighted by molar-refractivity contribution is -0.132. The maximum absolute atomic E-state index is 12.6. The summed E-state index contributed by atoms with van der Waals surface area (Å²) in [6, 6.07) is 6.31. The zero-order chi connectivity index (χ0) is 15.9. The van der Waals surface area contributed by atoms with E-state index in [2.05, 4.69) is 35.8 Å². The Morgan fingerprint density at radius 3 is 2.95 bits per heavy atom. The molecular formula is C18H29N3O. The Bertz CT molecular complexity index is 461. The second-order valence-electron chi connectivity index (χ2n) is 6.69. The van der Waals surface area contributed by atoms with Crippen molar-refractivity contribution in [2.24, 2.45) is 5.92 Å². The number of likely N-dealkylation sites (tertiary alicyclic amines) is 1. The molecule has 0 aromatic carbocycles. The third-order valence-corrected chi connectivity index (χ3v) is 4.63. The van der Waals surface area contributed by atoms with E-state index in [-0.39, 0.29) is 0 Å². The van der Waals surface area contributed by atoms with E-state index in [1.54, 1.807) is 6.20 Å². The van der Waals surface area contributed by atoms with Crippen LogP contribution in [0.1, 0.15) is 38.3 Å². The predicted molar refractivity (Wildman–Crippen MR) is 89.6 cm³/mol. The average Bonchev–Trinajstić information content (AvgIpc) is 3.01. The van der Waals surface area contributed by atoms with Crippen molar-refractivity contribution in [1.82, 2.24) is 14.8 Å². The number of carbonyl (C=O) groups excluding carboxylic acids is 1. The van der Waals surface area contributed by atoms with Gasteiger partial charge in [0.15, 0.2) is 0 Å². The van der Waals surface area contributed by atoms with Crippen LogP contribution in [0.15, 0.2) is 24.4 Å². The van der Waals surface area contributed by atoms with Crippen molar-refractivity contribution in [3.8, 4) is 0 Å². The van der Waals surface area contributed by atoms with E-state index >= 15 is 0 Å². The number of hydrogen-bond acceptors (Lipinski definition) is 3. The quantitative estimate of drug-likeness (QED) is 0.777. The van der Waals surface area contributed by atoms with E-state index < -0.39 is 0 Å². The summed E-state index contributed by atoms with van der Waals surface area (Å²) in [4.78, 5) is 21.2. The zero-order valence-corrected chi connectivity index (χ0v) is 14.2. The van der Waals surface area contributed by atoms with Crippen LogP contribution in [0.25, 0.3) is 0 Å². The van der Waals surface area contributed by atoms with Crippen LogP contribution in [0, 0.1) is 5.92 Å². The first-order valence-electron chi connectivity index (χ1n) is 8.42. The van der Waals surface area contributed by atoms with Crippen LogP contribution < -0.4 is 0 Å². The highest BCUT2D eigenvalue weighted by molar-refractivity contribution is 5.77. The number of hydrogen-bond donors (Lipinski definition) is 0. The average molecular weight is 303 g/mol. The van der Waals surface area contributed by atoms with Crippen LogP contribution >= 0.6 is 0 Å². The highest BCUT2D eigenvalue weighted by Crippen LogP contribution is 2.27. The molecule has 1 unspecified atom stereocenters. The van der Waals surface area contributed by atoms with Gasteiger partial charge in [-0.25, -0.2) is 0 Å². The molecule has 0 spiro atoms. The number of nitrogens with zero attached hydrogens (tertiary/aromatic N) is 3. The monoisotopic (exact) mass is 303 g/mol. The third-order valence-electron chi connectivity index (χ3n) is 4.63. The second kappa shape index (κ2) is 8.28. The summed E-state index contributed by atoms with van der Waals surface area (Å²) in [5.74, 6) is 0.869. The van der Waals surface area contributed by atoms with Crippen LogP contribution in [-0.2, 0) is 11.2 Å². The van der Waals surface area contributed by atoms with Gasteiger partial charge >= 0.3 is 0 Å². The minimum atomic E-state index is 0.296. The molecule has 1 aliphatic heterocycles. The molecule has 0 bridgehead atoms. The lowest BCUT2D eigenvalue weighted by atomic mass is 9.95. The van der Waals surface area contributed by atoms with Gasteiger partial charge in [0.1, 0.15) is 0 Å². The first-order chi connectivity index (χ1) is 10.6. The molecular weight excluding hydrogens is 274 g/mol. The standard InChI is InChI=1S/C18H29N3O/c1-15(11-14-20(2)3)17-8-6-13-21(17)18(22)10-9-16-7-4-5-12-19-16/h4-5,7,12,15,17H,6,8-11,13-14H2,1-3H3/t15?,17-/m0/s1. The van der Waals surface area contributed by atoms with Gasteiger partial charge in [-0.05, 0) is 64.4 Å². The second-order valence-corrected chi connectivity index (χ2v) is 6.69. The van der Waals surface area contributed by atoms with Crippen LogP contribution in [0.2, 0.25) is 0 Å². The van der Waals surface area contributed by atoms with E-state index in [1.807, 2.05) is 18.2 Å². The van der Waals surface area contributed by atoms with Crippen molar-refractivity contribution in [3.05, 3.63) is 30.1 Å². The molecule has 2 heterocycles. The third kappa shape index (κ3) is 4.80. The van der Waals surface area contributed by atoms with E-state index in [1.165, 1.54) is 0 Å². The topological polar surface area (TPSA) is 36.4 Å². The van der Waals surface area contributed by atoms with E-state index in [4.69, 9.17) is 0 Å². The number of aryl methyl sites for hydroxylation is 1. The fourth-order valence-electron chi connectivity index (χ4n) is 3.27. The van der Waals surface area contributed by atoms with E-state index in [0.717, 1.165) is 44.5 Å². The normalized spacial score (nSPS) is 19.6. The number of rotatable bonds is 7. The Morgan fingerprint density at radius 1 is 1.45 bits per heavy atom. The fraction of sp³-hybridized carbons (Fsp3) is 0.667. The molecule has 1 fully saturated rings. The van der Waals surface area contributed by atoms with Crippen LogP contribution in [0.5, 0.6) is 0 Å². The van der Waals surface area contributed by atoms with Crippen molar-refractivity contribution < 1.29 is 4.79 Å². The molecule has 4 heteroatoms. The van der Waals surface area contributed by atoms with Crippen molar-refractivity contribution in [2.45, 2.75) is 45.1 Å². The van der Waals surface area contributed by atoms with Crippen molar-refractivity contribution in [1.29, 1.82) is 0 Å². The fourth-order valence-corrected chi connectivity index (χ4v) is 3.27. The van der Waals surface area contributed by atoms with Crippen LogP contribution in [-0.4, -0.2) is 53.9 Å². The maximum Gasteiger partial charge on any atom is 0.223 e. The number of aromatic nitrogens is 1. The number of amides is 1. The van der Waals surface area contributed by atoms with Crippen molar-refractivity contribution in [2.75, 3.05) is 27.2 Å². The molecule has 122 valence electrons. The minimum absolute atomic E-state index is 0.296. The zero-order valence-electron chi connectivity index (χ0n) is 14.2. The van der Waals surface area contributed by atoms with Crippen molar-refractivity contribution in [3.63, 3.8) is 0 Å².